The summed E-state index contributed by atoms with van der Waals surface area (Å²) in [5.41, 5.74) is 0. The van der Waals surface area contributed by atoms with E-state index in [0.29, 0.717) is 31.6 Å². The Kier molecular flexibility index (Phi) is 17.9. The summed E-state index contributed by atoms with van der Waals surface area (Å²) >= 11 is 22.3. The average molecular weight is 650 g/mol. The standard InChI is InChI=1S/2C6H4Cl2O.4ClH.W/c2*7-4-2-1-3-5(8)6(4)9;;;;;/h2*1-3,9H;4*1H;/q;;;;;;+6/p-6. The maximum absolute atomic E-state index is 5.98. The Morgan fingerprint density at radius 2 is 0.826 bits per heavy atom. The third kappa shape index (κ3) is 8.31. The van der Waals surface area contributed by atoms with E-state index in [1.165, 1.54) is 0 Å². The Morgan fingerprint density at radius 3 is 1.09 bits per heavy atom. The molecule has 0 heterocycles. The van der Waals surface area contributed by atoms with E-state index in [0.717, 1.165) is 0 Å². The van der Waals surface area contributed by atoms with Gasteiger partial charge in [-0.2, -0.15) is 0 Å². The van der Waals surface area contributed by atoms with Gasteiger partial charge in [0.05, 0.1) is 0 Å². The van der Waals surface area contributed by atoms with Crippen LogP contribution in [0.25, 0.3) is 0 Å². The Morgan fingerprint density at radius 1 is 0.565 bits per heavy atom. The molecule has 0 fully saturated rings. The van der Waals surface area contributed by atoms with Crippen LogP contribution in [-0.4, -0.2) is 0 Å². The molecule has 0 aromatic heterocycles. The molecule has 0 aliphatic heterocycles. The summed E-state index contributed by atoms with van der Waals surface area (Å²) in [6.45, 7) is 0. The van der Waals surface area contributed by atoms with E-state index in [1.54, 1.807) is 36.4 Å². The van der Waals surface area contributed by atoms with Crippen molar-refractivity contribution >= 4 is 46.4 Å². The van der Waals surface area contributed by atoms with Crippen LogP contribution in [-0.2, 0) is 19.3 Å². The third-order valence-corrected chi connectivity index (χ3v) is 4.95. The predicted octanol–water partition coefficient (Wildman–Crippen LogP) is -6.31. The SMILES string of the molecule is Clc1cccc(Cl)c1[O][W+4][O]c1c(Cl)cccc1Cl.[Cl-].[Cl-].[Cl-].[Cl-]. The van der Waals surface area contributed by atoms with Gasteiger partial charge in [-0.3, -0.25) is 0 Å². The summed E-state index contributed by atoms with van der Waals surface area (Å²) in [6.07, 6.45) is 0. The molecule has 2 nitrogen and oxygen atoms in total. The van der Waals surface area contributed by atoms with Crippen molar-refractivity contribution in [2.24, 2.45) is 0 Å². The molecular weight excluding hydrogens is 644 g/mol. The van der Waals surface area contributed by atoms with E-state index < -0.39 is 19.3 Å². The van der Waals surface area contributed by atoms with Crippen molar-refractivity contribution in [3.05, 3.63) is 56.5 Å². The summed E-state index contributed by atoms with van der Waals surface area (Å²) in [7, 11) is 0. The van der Waals surface area contributed by atoms with Crippen molar-refractivity contribution < 1.29 is 75.7 Å². The summed E-state index contributed by atoms with van der Waals surface area (Å²) in [5, 5.41) is 1.78. The van der Waals surface area contributed by atoms with E-state index >= 15 is 0 Å². The molecule has 0 atom stereocenters. The third-order valence-electron chi connectivity index (χ3n) is 2.07. The topological polar surface area (TPSA) is 18.5 Å². The van der Waals surface area contributed by atoms with Gasteiger partial charge in [-0.1, -0.05) is 0 Å². The van der Waals surface area contributed by atoms with Crippen molar-refractivity contribution in [3.8, 4) is 11.5 Å². The zero-order valence-corrected chi connectivity index (χ0v) is 19.7. The minimum atomic E-state index is -1.67. The fraction of sp³-hybridized carbons (Fsp3) is 0. The van der Waals surface area contributed by atoms with E-state index in [2.05, 4.69) is 0 Å². The molecule has 0 saturated heterocycles. The first-order valence-corrected chi connectivity index (χ1v) is 8.89. The van der Waals surface area contributed by atoms with Gasteiger partial charge in [0, 0.05) is 0 Å². The minimum Gasteiger partial charge on any atom is -1.00 e. The van der Waals surface area contributed by atoms with Crippen LogP contribution in [0.4, 0.5) is 0 Å². The second-order valence-corrected chi connectivity index (χ2v) is 6.65. The molecule has 0 bridgehead atoms. The number of benzene rings is 2. The van der Waals surface area contributed by atoms with E-state index in [9.17, 15) is 0 Å². The van der Waals surface area contributed by atoms with Gasteiger partial charge in [0.15, 0.2) is 0 Å². The number of para-hydroxylation sites is 2. The maximum Gasteiger partial charge on any atom is -1.00 e. The van der Waals surface area contributed by atoms with Gasteiger partial charge in [-0.15, -0.1) is 0 Å². The molecule has 2 rings (SSSR count). The summed E-state index contributed by atoms with van der Waals surface area (Å²) in [6, 6.07) is 10.3. The molecule has 0 aliphatic carbocycles. The molecule has 2 aromatic carbocycles. The van der Waals surface area contributed by atoms with Gasteiger partial charge in [-0.05, 0) is 0 Å². The first-order valence-electron chi connectivity index (χ1n) is 4.99. The van der Waals surface area contributed by atoms with Crippen LogP contribution in [0.2, 0.25) is 20.1 Å². The quantitative estimate of drug-likeness (QED) is 0.329. The molecule has 0 amide bonds. The van der Waals surface area contributed by atoms with Crippen molar-refractivity contribution in [3.63, 3.8) is 0 Å². The molecule has 0 unspecified atom stereocenters. The Labute approximate surface area is 188 Å². The molecule has 23 heavy (non-hydrogen) atoms. The molecule has 0 N–H and O–H groups in total. The first-order chi connectivity index (χ1) is 9.09. The van der Waals surface area contributed by atoms with Gasteiger partial charge in [-0.25, -0.2) is 0 Å². The number of halogens is 8. The zero-order valence-electron chi connectivity index (χ0n) is 10.7. The van der Waals surface area contributed by atoms with Gasteiger partial charge in [0.1, 0.15) is 0 Å². The van der Waals surface area contributed by atoms with Gasteiger partial charge >= 0.3 is 140 Å². The smallest absolute Gasteiger partial charge is 1.00 e. The van der Waals surface area contributed by atoms with Crippen molar-refractivity contribution in [1.29, 1.82) is 0 Å². The Balaban J connectivity index is -0.000001000. The van der Waals surface area contributed by atoms with E-state index in [-0.39, 0.29) is 49.6 Å². The fourth-order valence-corrected chi connectivity index (χ4v) is 4.79. The van der Waals surface area contributed by atoms with E-state index in [1.807, 2.05) is 0 Å². The van der Waals surface area contributed by atoms with Crippen LogP contribution in [0.15, 0.2) is 36.4 Å². The Hall–Kier alpha value is 1.05. The Bertz CT molecular complexity index is 507. The normalized spacial score (nSPS) is 8.17. The number of rotatable bonds is 4. The van der Waals surface area contributed by atoms with Gasteiger partial charge in [0.25, 0.3) is 0 Å². The van der Waals surface area contributed by atoms with Crippen LogP contribution >= 0.6 is 46.4 Å². The molecule has 11 heteroatoms. The monoisotopic (exact) mass is 646 g/mol. The maximum atomic E-state index is 5.98. The molecule has 128 valence electrons. The summed E-state index contributed by atoms with van der Waals surface area (Å²) in [5.74, 6) is 0.859. The zero-order chi connectivity index (χ0) is 13.8. The van der Waals surface area contributed by atoms with Crippen LogP contribution < -0.4 is 56.4 Å². The van der Waals surface area contributed by atoms with Crippen LogP contribution in [0.5, 0.6) is 11.5 Å². The molecule has 0 radical (unpaired) electrons. The van der Waals surface area contributed by atoms with Gasteiger partial charge in [0.2, 0.25) is 0 Å². The molecular formula is C12H6Cl8O2W. The van der Waals surface area contributed by atoms with Crippen LogP contribution in [0.3, 0.4) is 0 Å². The molecule has 0 aliphatic rings. The van der Waals surface area contributed by atoms with Crippen LogP contribution in [0, 0.1) is 0 Å². The molecule has 2 aromatic rings. The van der Waals surface area contributed by atoms with Crippen molar-refractivity contribution in [2.75, 3.05) is 0 Å². The number of hydrogen-bond acceptors (Lipinski definition) is 2. The largest absolute Gasteiger partial charge is 1.00 e. The number of hydrogen-bond donors (Lipinski definition) is 0. The van der Waals surface area contributed by atoms with Crippen molar-refractivity contribution in [1.82, 2.24) is 0 Å². The first kappa shape index (κ1) is 28.8. The summed E-state index contributed by atoms with van der Waals surface area (Å²) < 4.78 is 11.1. The molecule has 0 spiro atoms. The second-order valence-electron chi connectivity index (χ2n) is 3.34. The van der Waals surface area contributed by atoms with E-state index in [4.69, 9.17) is 53.2 Å². The average Bonchev–Trinajstić information content (AvgIpc) is 2.36. The second kappa shape index (κ2) is 14.2. The van der Waals surface area contributed by atoms with Crippen LogP contribution in [0.1, 0.15) is 0 Å². The predicted molar refractivity (Wildman–Crippen MR) is 74.2 cm³/mol. The van der Waals surface area contributed by atoms with Crippen molar-refractivity contribution in [2.45, 2.75) is 0 Å². The minimum absolute atomic E-state index is 0. The fourth-order valence-electron chi connectivity index (χ4n) is 1.21. The van der Waals surface area contributed by atoms with Gasteiger partial charge < -0.3 is 49.6 Å². The molecule has 0 saturated carbocycles. The summed E-state index contributed by atoms with van der Waals surface area (Å²) in [4.78, 5) is 0.